The topological polar surface area (TPSA) is 55.6 Å². The van der Waals surface area contributed by atoms with Crippen LogP contribution in [-0.2, 0) is 4.74 Å². The number of nitrogens with two attached hydrogens (primary N) is 1. The summed E-state index contributed by atoms with van der Waals surface area (Å²) in [6.07, 6.45) is 2.20. The molecular formula is C11H20N2O2. The number of likely N-dealkylation sites (tertiary alicyclic amines) is 1. The molecule has 1 saturated carbocycles. The van der Waals surface area contributed by atoms with Gasteiger partial charge in [0.1, 0.15) is 5.60 Å². The Kier molecular flexibility index (Phi) is 2.41. The Morgan fingerprint density at radius 1 is 1.40 bits per heavy atom. The van der Waals surface area contributed by atoms with Crippen LogP contribution < -0.4 is 5.73 Å². The minimum Gasteiger partial charge on any atom is -0.444 e. The fourth-order valence-electron chi connectivity index (χ4n) is 2.11. The molecule has 1 amide bonds. The molecule has 0 bridgehead atoms. The fourth-order valence-corrected chi connectivity index (χ4v) is 2.11. The van der Waals surface area contributed by atoms with Crippen molar-refractivity contribution in [3.05, 3.63) is 0 Å². The lowest BCUT2D eigenvalue weighted by Crippen LogP contribution is -2.67. The average molecular weight is 212 g/mol. The monoisotopic (exact) mass is 212 g/mol. The number of hydrogen-bond donors (Lipinski definition) is 1. The van der Waals surface area contributed by atoms with Gasteiger partial charge in [-0.05, 0) is 39.5 Å². The molecule has 4 nitrogen and oxygen atoms in total. The van der Waals surface area contributed by atoms with Gasteiger partial charge in [-0.15, -0.1) is 0 Å². The lowest BCUT2D eigenvalue weighted by molar-refractivity contribution is -0.0176. The van der Waals surface area contributed by atoms with Crippen molar-refractivity contribution < 1.29 is 9.53 Å². The molecule has 1 aliphatic carbocycles. The van der Waals surface area contributed by atoms with E-state index >= 15 is 0 Å². The number of amides is 1. The SMILES string of the molecule is CC(C)(C)OC(=O)N1CC(N)C1C1CC1. The van der Waals surface area contributed by atoms with Gasteiger partial charge in [-0.3, -0.25) is 0 Å². The minimum absolute atomic E-state index is 0.157. The van der Waals surface area contributed by atoms with Crippen molar-refractivity contribution in [2.24, 2.45) is 11.7 Å². The number of hydrogen-bond acceptors (Lipinski definition) is 3. The zero-order chi connectivity index (χ0) is 11.2. The summed E-state index contributed by atoms with van der Waals surface area (Å²) in [6, 6.07) is 0.393. The van der Waals surface area contributed by atoms with Crippen molar-refractivity contribution >= 4 is 6.09 Å². The minimum atomic E-state index is -0.412. The van der Waals surface area contributed by atoms with Crippen LogP contribution in [0.3, 0.4) is 0 Å². The summed E-state index contributed by atoms with van der Waals surface area (Å²) in [5, 5.41) is 0. The standard InChI is InChI=1S/C11H20N2O2/c1-11(2,3)15-10(14)13-6-8(12)9(13)7-4-5-7/h7-9H,4-6,12H2,1-3H3. The highest BCUT2D eigenvalue weighted by molar-refractivity contribution is 5.70. The molecule has 0 radical (unpaired) electrons. The van der Waals surface area contributed by atoms with Gasteiger partial charge in [0.25, 0.3) is 0 Å². The molecule has 0 spiro atoms. The number of carbonyl (C=O) groups is 1. The molecule has 86 valence electrons. The third-order valence-electron chi connectivity index (χ3n) is 2.94. The maximum Gasteiger partial charge on any atom is 0.410 e. The number of rotatable bonds is 1. The maximum absolute atomic E-state index is 11.8. The first-order valence-electron chi connectivity index (χ1n) is 5.64. The molecule has 4 heteroatoms. The molecule has 0 aromatic heterocycles. The van der Waals surface area contributed by atoms with Gasteiger partial charge in [0.2, 0.25) is 0 Å². The highest BCUT2D eigenvalue weighted by atomic mass is 16.6. The molecule has 2 aliphatic rings. The van der Waals surface area contributed by atoms with Gasteiger partial charge in [-0.2, -0.15) is 0 Å². The second kappa shape index (κ2) is 3.37. The van der Waals surface area contributed by atoms with E-state index in [1.807, 2.05) is 20.8 Å². The van der Waals surface area contributed by atoms with E-state index in [9.17, 15) is 4.79 Å². The van der Waals surface area contributed by atoms with Crippen LogP contribution in [0.4, 0.5) is 4.79 Å². The fraction of sp³-hybridized carbons (Fsp3) is 0.909. The molecule has 2 fully saturated rings. The van der Waals surface area contributed by atoms with Crippen LogP contribution in [0, 0.1) is 5.92 Å². The van der Waals surface area contributed by atoms with Gasteiger partial charge < -0.3 is 15.4 Å². The van der Waals surface area contributed by atoms with Gasteiger partial charge >= 0.3 is 6.09 Å². The first-order valence-corrected chi connectivity index (χ1v) is 5.64. The summed E-state index contributed by atoms with van der Waals surface area (Å²) in [5.41, 5.74) is 5.49. The van der Waals surface area contributed by atoms with Crippen LogP contribution in [-0.4, -0.2) is 35.2 Å². The zero-order valence-corrected chi connectivity index (χ0v) is 9.69. The Balaban J connectivity index is 1.91. The molecule has 2 N–H and O–H groups in total. The van der Waals surface area contributed by atoms with E-state index in [2.05, 4.69) is 0 Å². The van der Waals surface area contributed by atoms with Crippen LogP contribution in [0.25, 0.3) is 0 Å². The van der Waals surface area contributed by atoms with E-state index in [-0.39, 0.29) is 18.2 Å². The highest BCUT2D eigenvalue weighted by Crippen LogP contribution is 2.40. The zero-order valence-electron chi connectivity index (χ0n) is 9.69. The maximum atomic E-state index is 11.8. The van der Waals surface area contributed by atoms with Gasteiger partial charge in [-0.25, -0.2) is 4.79 Å². The van der Waals surface area contributed by atoms with Crippen molar-refractivity contribution in [1.82, 2.24) is 4.90 Å². The second-order valence-electron chi connectivity index (χ2n) is 5.62. The summed E-state index contributed by atoms with van der Waals surface area (Å²) in [5.74, 6) is 0.626. The molecular weight excluding hydrogens is 192 g/mol. The highest BCUT2D eigenvalue weighted by Gasteiger charge is 2.49. The molecule has 2 atom stereocenters. The van der Waals surface area contributed by atoms with E-state index in [1.165, 1.54) is 12.8 Å². The molecule has 1 saturated heterocycles. The smallest absolute Gasteiger partial charge is 0.410 e. The molecule has 0 aromatic rings. The van der Waals surface area contributed by atoms with Crippen LogP contribution in [0.1, 0.15) is 33.6 Å². The van der Waals surface area contributed by atoms with E-state index < -0.39 is 5.60 Å². The summed E-state index contributed by atoms with van der Waals surface area (Å²) in [6.45, 7) is 6.31. The lowest BCUT2D eigenvalue weighted by atomic mass is 9.93. The van der Waals surface area contributed by atoms with Crippen LogP contribution >= 0.6 is 0 Å². The third kappa shape index (κ3) is 2.25. The normalized spacial score (nSPS) is 31.1. The van der Waals surface area contributed by atoms with Crippen LogP contribution in [0.5, 0.6) is 0 Å². The van der Waals surface area contributed by atoms with E-state index in [0.717, 1.165) is 0 Å². The van der Waals surface area contributed by atoms with E-state index in [4.69, 9.17) is 10.5 Å². The quantitative estimate of drug-likeness (QED) is 0.713. The third-order valence-corrected chi connectivity index (χ3v) is 2.94. The lowest BCUT2D eigenvalue weighted by Gasteiger charge is -2.46. The van der Waals surface area contributed by atoms with E-state index in [0.29, 0.717) is 12.5 Å². The molecule has 0 aromatic carbocycles. The van der Waals surface area contributed by atoms with Crippen molar-refractivity contribution in [2.75, 3.05) is 6.54 Å². The second-order valence-corrected chi connectivity index (χ2v) is 5.62. The number of carbonyl (C=O) groups excluding carboxylic acids is 1. The van der Waals surface area contributed by atoms with Crippen LogP contribution in [0.15, 0.2) is 0 Å². The Labute approximate surface area is 90.8 Å². The van der Waals surface area contributed by atoms with Crippen molar-refractivity contribution in [3.8, 4) is 0 Å². The summed E-state index contributed by atoms with van der Waals surface area (Å²) in [7, 11) is 0. The van der Waals surface area contributed by atoms with Crippen LogP contribution in [0.2, 0.25) is 0 Å². The Hall–Kier alpha value is -0.770. The largest absolute Gasteiger partial charge is 0.444 e. The first-order chi connectivity index (χ1) is 6.88. The van der Waals surface area contributed by atoms with E-state index in [1.54, 1.807) is 4.90 Å². The van der Waals surface area contributed by atoms with Crippen molar-refractivity contribution in [3.63, 3.8) is 0 Å². The first kappa shape index (κ1) is 10.7. The Bertz CT molecular complexity index is 266. The molecule has 1 aliphatic heterocycles. The number of nitrogens with zero attached hydrogens (tertiary/aromatic N) is 1. The van der Waals surface area contributed by atoms with Gasteiger partial charge in [0, 0.05) is 12.6 Å². The van der Waals surface area contributed by atoms with Gasteiger partial charge in [0.05, 0.1) is 6.04 Å². The molecule has 2 unspecified atom stereocenters. The van der Waals surface area contributed by atoms with Gasteiger partial charge in [0.15, 0.2) is 0 Å². The molecule has 2 rings (SSSR count). The predicted octanol–water partition coefficient (Wildman–Crippen LogP) is 1.34. The predicted molar refractivity (Wildman–Crippen MR) is 57.4 cm³/mol. The summed E-state index contributed by atoms with van der Waals surface area (Å²) in [4.78, 5) is 13.6. The molecule has 1 heterocycles. The Morgan fingerprint density at radius 2 is 2.00 bits per heavy atom. The van der Waals surface area contributed by atoms with Crippen molar-refractivity contribution in [1.29, 1.82) is 0 Å². The van der Waals surface area contributed by atoms with Gasteiger partial charge in [-0.1, -0.05) is 0 Å². The van der Waals surface area contributed by atoms with Crippen molar-refractivity contribution in [2.45, 2.75) is 51.3 Å². The molecule has 15 heavy (non-hydrogen) atoms. The summed E-state index contributed by atoms with van der Waals surface area (Å²) < 4.78 is 5.33. The Morgan fingerprint density at radius 3 is 2.40 bits per heavy atom. The number of ether oxygens (including phenoxy) is 1. The summed E-state index contributed by atoms with van der Waals surface area (Å²) >= 11 is 0. The average Bonchev–Trinajstić information content (AvgIpc) is 2.80.